The summed E-state index contributed by atoms with van der Waals surface area (Å²) in [7, 11) is -9.92. The molecule has 0 rings (SSSR count). The van der Waals surface area contributed by atoms with E-state index in [1.54, 1.807) is 0 Å². The summed E-state index contributed by atoms with van der Waals surface area (Å²) in [5, 5.41) is 10.6. The minimum Gasteiger partial charge on any atom is -0.462 e. The minimum atomic E-state index is -4.96. The molecule has 3 unspecified atom stereocenters. The van der Waals surface area contributed by atoms with Crippen molar-refractivity contribution < 1.29 is 80.2 Å². The van der Waals surface area contributed by atoms with Gasteiger partial charge in [0.2, 0.25) is 0 Å². The lowest BCUT2D eigenvalue weighted by Crippen LogP contribution is -2.30. The molecular formula is C81H158O17P2. The molecular weight excluding hydrogens is 1310 g/mol. The van der Waals surface area contributed by atoms with Crippen LogP contribution in [-0.4, -0.2) is 96.7 Å². The van der Waals surface area contributed by atoms with Crippen LogP contribution in [0, 0.1) is 5.92 Å². The fourth-order valence-corrected chi connectivity index (χ4v) is 14.1. The van der Waals surface area contributed by atoms with Gasteiger partial charge < -0.3 is 33.8 Å². The molecule has 0 heterocycles. The van der Waals surface area contributed by atoms with Gasteiger partial charge >= 0.3 is 39.5 Å². The largest absolute Gasteiger partial charge is 0.472 e. The van der Waals surface area contributed by atoms with Crippen LogP contribution in [0.2, 0.25) is 0 Å². The monoisotopic (exact) mass is 1470 g/mol. The molecule has 0 saturated carbocycles. The van der Waals surface area contributed by atoms with Gasteiger partial charge in [0, 0.05) is 25.7 Å². The van der Waals surface area contributed by atoms with E-state index >= 15 is 0 Å². The van der Waals surface area contributed by atoms with Gasteiger partial charge in [-0.25, -0.2) is 9.13 Å². The number of unbranched alkanes of at least 4 members (excludes halogenated alkanes) is 52. The van der Waals surface area contributed by atoms with Gasteiger partial charge in [-0.15, -0.1) is 0 Å². The number of carbonyl (C=O) groups is 4. The summed E-state index contributed by atoms with van der Waals surface area (Å²) >= 11 is 0. The standard InChI is InChI=1S/C81H158O17P2/c1-6-10-13-16-19-22-25-27-29-31-33-35-37-39-45-50-55-60-65-79(84)92-71-77(97-80(85)66-61-56-51-46-40-38-36-34-32-30-28-26-23-20-17-14-11-7-2)73-96-100(89,90)94-69-75(82)68-93-99(87,88)95-72-76(70-91-78(83)64-59-54-49-44-24-21-18-15-12-8-3)98-81(86)67-62-57-52-47-42-41-43-48-53-58-63-74(5)9-4/h74-77,82H,6-73H2,1-5H3,(H,87,88)(H,89,90)/t74?,75-,76+,77+/m0/s1. The quantitative estimate of drug-likeness (QED) is 0.0222. The number of phosphoric acid groups is 2. The SMILES string of the molecule is CCCCCCCCCCCCCCCCCCCCC(=O)OC[C@H](COP(=O)(O)OC[C@@H](O)COP(=O)(O)OC[C@@H](COC(=O)CCCCCCCCCCCC)OC(=O)CCCCCCCCCCCCC(C)CC)OC(=O)CCCCCCCCCCCCCCCCCCCC. The van der Waals surface area contributed by atoms with Crippen molar-refractivity contribution >= 4 is 39.5 Å². The van der Waals surface area contributed by atoms with E-state index in [1.807, 2.05) is 0 Å². The lowest BCUT2D eigenvalue weighted by atomic mass is 9.99. The Bertz CT molecular complexity index is 1910. The van der Waals surface area contributed by atoms with Gasteiger partial charge in [0.15, 0.2) is 12.2 Å². The second kappa shape index (κ2) is 73.9. The molecule has 0 aromatic carbocycles. The number of hydrogen-bond donors (Lipinski definition) is 3. The zero-order valence-electron chi connectivity index (χ0n) is 65.3. The summed E-state index contributed by atoms with van der Waals surface area (Å²) in [5.41, 5.74) is 0. The van der Waals surface area contributed by atoms with Crippen LogP contribution in [-0.2, 0) is 65.4 Å². The molecule has 17 nitrogen and oxygen atoms in total. The maximum absolute atomic E-state index is 13.1. The molecule has 0 amide bonds. The molecule has 6 atom stereocenters. The highest BCUT2D eigenvalue weighted by Crippen LogP contribution is 2.45. The normalized spacial score (nSPS) is 14.1. The van der Waals surface area contributed by atoms with Crippen LogP contribution in [0.25, 0.3) is 0 Å². The van der Waals surface area contributed by atoms with Gasteiger partial charge in [-0.05, 0) is 31.6 Å². The number of rotatable bonds is 81. The predicted octanol–water partition coefficient (Wildman–Crippen LogP) is 24.4. The van der Waals surface area contributed by atoms with Gasteiger partial charge in [0.25, 0.3) is 0 Å². The van der Waals surface area contributed by atoms with Crippen molar-refractivity contribution in [3.63, 3.8) is 0 Å². The molecule has 0 bridgehead atoms. The minimum absolute atomic E-state index is 0.107. The fraction of sp³-hybridized carbons (Fsp3) is 0.951. The summed E-state index contributed by atoms with van der Waals surface area (Å²) in [6, 6.07) is 0. The topological polar surface area (TPSA) is 237 Å². The van der Waals surface area contributed by atoms with Crippen LogP contribution in [0.15, 0.2) is 0 Å². The number of hydrogen-bond acceptors (Lipinski definition) is 15. The second-order valence-electron chi connectivity index (χ2n) is 29.4. The first-order chi connectivity index (χ1) is 48.6. The van der Waals surface area contributed by atoms with Crippen LogP contribution in [0.4, 0.5) is 0 Å². The first-order valence-corrected chi connectivity index (χ1v) is 45.2. The summed E-state index contributed by atoms with van der Waals surface area (Å²) in [4.78, 5) is 73.0. The first-order valence-electron chi connectivity index (χ1n) is 42.2. The van der Waals surface area contributed by atoms with Crippen LogP contribution in [0.1, 0.15) is 433 Å². The first kappa shape index (κ1) is 98.1. The molecule has 19 heteroatoms. The average Bonchev–Trinajstić information content (AvgIpc) is 0.943. The number of phosphoric ester groups is 2. The number of esters is 4. The second-order valence-corrected chi connectivity index (χ2v) is 32.3. The van der Waals surface area contributed by atoms with Crippen molar-refractivity contribution in [3.05, 3.63) is 0 Å². The van der Waals surface area contributed by atoms with Crippen molar-refractivity contribution in [1.29, 1.82) is 0 Å². The molecule has 0 fully saturated rings. The number of aliphatic hydroxyl groups excluding tert-OH is 1. The van der Waals surface area contributed by atoms with E-state index in [2.05, 4.69) is 34.6 Å². The smallest absolute Gasteiger partial charge is 0.462 e. The Morgan fingerprint density at radius 2 is 0.480 bits per heavy atom. The molecule has 0 aromatic heterocycles. The number of aliphatic hydroxyl groups is 1. The van der Waals surface area contributed by atoms with Crippen molar-refractivity contribution in [2.24, 2.45) is 5.92 Å². The molecule has 594 valence electrons. The van der Waals surface area contributed by atoms with E-state index < -0.39 is 97.5 Å². The zero-order chi connectivity index (χ0) is 73.4. The molecule has 0 saturated heterocycles. The molecule has 3 N–H and O–H groups in total. The third kappa shape index (κ3) is 73.0. The van der Waals surface area contributed by atoms with Gasteiger partial charge in [-0.1, -0.05) is 381 Å². The van der Waals surface area contributed by atoms with E-state index in [0.717, 1.165) is 95.8 Å². The third-order valence-corrected chi connectivity index (χ3v) is 21.3. The van der Waals surface area contributed by atoms with Crippen LogP contribution in [0.3, 0.4) is 0 Å². The lowest BCUT2D eigenvalue weighted by Gasteiger charge is -2.21. The van der Waals surface area contributed by atoms with Crippen molar-refractivity contribution in [2.75, 3.05) is 39.6 Å². The Labute approximate surface area is 613 Å². The highest BCUT2D eigenvalue weighted by atomic mass is 31.2. The molecule has 0 aliphatic heterocycles. The summed E-state index contributed by atoms with van der Waals surface area (Å²) in [6.45, 7) is 7.35. The predicted molar refractivity (Wildman–Crippen MR) is 409 cm³/mol. The Hall–Kier alpha value is -1.94. The Morgan fingerprint density at radius 1 is 0.280 bits per heavy atom. The molecule has 0 aliphatic carbocycles. The highest BCUT2D eigenvalue weighted by molar-refractivity contribution is 7.47. The summed E-state index contributed by atoms with van der Waals surface area (Å²) in [6.07, 6.45) is 65.1. The Kier molecular flexibility index (Phi) is 72.5. The fourth-order valence-electron chi connectivity index (χ4n) is 12.6. The van der Waals surface area contributed by atoms with Crippen molar-refractivity contribution in [1.82, 2.24) is 0 Å². The van der Waals surface area contributed by atoms with E-state index in [4.69, 9.17) is 37.0 Å². The maximum atomic E-state index is 13.1. The van der Waals surface area contributed by atoms with E-state index in [9.17, 15) is 43.2 Å². The summed E-state index contributed by atoms with van der Waals surface area (Å²) in [5.74, 6) is -1.30. The maximum Gasteiger partial charge on any atom is 0.472 e. The third-order valence-electron chi connectivity index (χ3n) is 19.4. The Balaban J connectivity index is 5.24. The zero-order valence-corrected chi connectivity index (χ0v) is 67.1. The summed E-state index contributed by atoms with van der Waals surface area (Å²) < 4.78 is 68.7. The van der Waals surface area contributed by atoms with Gasteiger partial charge in [-0.2, -0.15) is 0 Å². The number of ether oxygens (including phenoxy) is 4. The van der Waals surface area contributed by atoms with Gasteiger partial charge in [-0.3, -0.25) is 37.3 Å². The lowest BCUT2D eigenvalue weighted by molar-refractivity contribution is -0.161. The average molecular weight is 1470 g/mol. The van der Waals surface area contributed by atoms with Crippen LogP contribution in [0.5, 0.6) is 0 Å². The molecule has 100 heavy (non-hydrogen) atoms. The van der Waals surface area contributed by atoms with Crippen molar-refractivity contribution in [3.8, 4) is 0 Å². The highest BCUT2D eigenvalue weighted by Gasteiger charge is 2.30. The van der Waals surface area contributed by atoms with Gasteiger partial charge in [0.05, 0.1) is 26.4 Å². The Morgan fingerprint density at radius 3 is 0.710 bits per heavy atom. The van der Waals surface area contributed by atoms with Crippen LogP contribution < -0.4 is 0 Å². The van der Waals surface area contributed by atoms with E-state index in [1.165, 1.54) is 257 Å². The van der Waals surface area contributed by atoms with E-state index in [0.29, 0.717) is 25.7 Å². The molecule has 0 radical (unpaired) electrons. The molecule has 0 aliphatic rings. The molecule has 0 spiro atoms. The van der Waals surface area contributed by atoms with Crippen LogP contribution >= 0.6 is 15.6 Å². The number of carbonyl (C=O) groups excluding carboxylic acids is 4. The van der Waals surface area contributed by atoms with Gasteiger partial charge in [0.1, 0.15) is 19.3 Å². The molecule has 0 aromatic rings. The van der Waals surface area contributed by atoms with E-state index in [-0.39, 0.29) is 25.7 Å². The van der Waals surface area contributed by atoms with Crippen molar-refractivity contribution in [2.45, 2.75) is 451 Å².